The highest BCUT2D eigenvalue weighted by Crippen LogP contribution is 2.54. The van der Waals surface area contributed by atoms with Crippen LogP contribution in [0.15, 0.2) is 6.07 Å². The second-order valence-electron chi connectivity index (χ2n) is 6.06. The minimum atomic E-state index is -3.81. The van der Waals surface area contributed by atoms with E-state index in [0.717, 1.165) is 0 Å². The Morgan fingerprint density at radius 1 is 1.38 bits per heavy atom. The highest BCUT2D eigenvalue weighted by atomic mass is 35.5. The van der Waals surface area contributed by atoms with E-state index in [-0.39, 0.29) is 5.28 Å². The number of ether oxygens (including phenoxy) is 1. The van der Waals surface area contributed by atoms with Crippen LogP contribution in [-0.4, -0.2) is 55.8 Å². The maximum atomic E-state index is 12.8. The molecule has 8 nitrogen and oxygen atoms in total. The van der Waals surface area contributed by atoms with Gasteiger partial charge >= 0.3 is 0 Å². The Bertz CT molecular complexity index is 760. The number of carbonyl (C=O) groups is 1. The van der Waals surface area contributed by atoms with Gasteiger partial charge in [-0.25, -0.2) is 18.4 Å². The number of amides is 1. The first kappa shape index (κ1) is 17.4. The molecule has 0 aromatic carbocycles. The lowest BCUT2D eigenvalue weighted by atomic mass is 10.2. The average molecular weight is 375 g/mol. The van der Waals surface area contributed by atoms with E-state index < -0.39 is 25.7 Å². The molecule has 2 N–H and O–H groups in total. The summed E-state index contributed by atoms with van der Waals surface area (Å²) in [6.07, 6.45) is 0.783. The Labute approximate surface area is 145 Å². The molecule has 0 radical (unpaired) electrons. The fraction of sp³-hybridized carbons (Fsp3) is 0.643. The summed E-state index contributed by atoms with van der Waals surface area (Å²) in [7, 11) is -3.81. The molecule has 24 heavy (non-hydrogen) atoms. The van der Waals surface area contributed by atoms with Crippen molar-refractivity contribution >= 4 is 33.2 Å². The first-order valence-electron chi connectivity index (χ1n) is 7.68. The van der Waals surface area contributed by atoms with Crippen molar-refractivity contribution in [2.24, 2.45) is 5.73 Å². The Kier molecular flexibility index (Phi) is 4.43. The quantitative estimate of drug-likeness (QED) is 0.734. The van der Waals surface area contributed by atoms with Crippen LogP contribution >= 0.6 is 11.6 Å². The van der Waals surface area contributed by atoms with Gasteiger partial charge in [0.2, 0.25) is 11.2 Å². The van der Waals surface area contributed by atoms with Crippen LogP contribution in [0.5, 0.6) is 0 Å². The van der Waals surface area contributed by atoms with Crippen LogP contribution in [0, 0.1) is 0 Å². The van der Waals surface area contributed by atoms with Gasteiger partial charge in [0.1, 0.15) is 15.8 Å². The van der Waals surface area contributed by atoms with Crippen LogP contribution in [-0.2, 0) is 24.1 Å². The number of hydrogen-bond acceptors (Lipinski definition) is 7. The molecule has 2 fully saturated rings. The largest absolute Gasteiger partial charge is 0.378 e. The van der Waals surface area contributed by atoms with Crippen LogP contribution < -0.4 is 10.6 Å². The molecule has 132 valence electrons. The van der Waals surface area contributed by atoms with Gasteiger partial charge in [0, 0.05) is 19.2 Å². The van der Waals surface area contributed by atoms with Gasteiger partial charge in [0.25, 0.3) is 0 Å². The zero-order chi connectivity index (χ0) is 17.5. The third-order valence-electron chi connectivity index (χ3n) is 4.60. The molecule has 0 spiro atoms. The number of rotatable bonds is 5. The molecule has 1 aliphatic carbocycles. The van der Waals surface area contributed by atoms with Gasteiger partial charge in [0.15, 0.2) is 9.84 Å². The van der Waals surface area contributed by atoms with E-state index in [1.54, 1.807) is 6.07 Å². The van der Waals surface area contributed by atoms with Gasteiger partial charge in [0.05, 0.1) is 18.9 Å². The van der Waals surface area contributed by atoms with E-state index in [0.29, 0.717) is 50.7 Å². The predicted octanol–water partition coefficient (Wildman–Crippen LogP) is 0.244. The SMILES string of the molecule is CC(C(N)=O)S(=O)(=O)C1(c2cc(N3CCOCC3)nc(Cl)n2)CC1. The number of hydrogen-bond donors (Lipinski definition) is 1. The first-order chi connectivity index (χ1) is 11.3. The Balaban J connectivity index is 2.00. The molecule has 1 aromatic rings. The topological polar surface area (TPSA) is 115 Å². The summed E-state index contributed by atoms with van der Waals surface area (Å²) in [6, 6.07) is 1.65. The predicted molar refractivity (Wildman–Crippen MR) is 88.6 cm³/mol. The zero-order valence-electron chi connectivity index (χ0n) is 13.2. The molecule has 1 saturated carbocycles. The van der Waals surface area contributed by atoms with Gasteiger partial charge in [-0.2, -0.15) is 0 Å². The normalized spacial score (nSPS) is 21.3. The molecule has 2 heterocycles. The number of anilines is 1. The number of morpholine rings is 1. The standard InChI is InChI=1S/C14H19ClN4O4S/c1-9(12(16)20)24(21,22)14(2-3-14)10-8-11(18-13(15)17-10)19-4-6-23-7-5-19/h8-9H,2-7H2,1H3,(H2,16,20). The van der Waals surface area contributed by atoms with Gasteiger partial charge in [-0.15, -0.1) is 0 Å². The second-order valence-corrected chi connectivity index (χ2v) is 8.98. The maximum absolute atomic E-state index is 12.8. The summed E-state index contributed by atoms with van der Waals surface area (Å²) in [5.41, 5.74) is 5.53. The third kappa shape index (κ3) is 2.84. The number of nitrogens with two attached hydrogens (primary N) is 1. The van der Waals surface area contributed by atoms with Crippen molar-refractivity contribution in [3.8, 4) is 0 Å². The summed E-state index contributed by atoms with van der Waals surface area (Å²) in [4.78, 5) is 21.7. The fourth-order valence-corrected chi connectivity index (χ4v) is 5.11. The lowest BCUT2D eigenvalue weighted by Crippen LogP contribution is -2.40. The number of halogens is 1. The van der Waals surface area contributed by atoms with Crippen molar-refractivity contribution in [1.82, 2.24) is 9.97 Å². The lowest BCUT2D eigenvalue weighted by Gasteiger charge is -2.28. The van der Waals surface area contributed by atoms with Crippen molar-refractivity contribution in [3.05, 3.63) is 17.0 Å². The molecular weight excluding hydrogens is 356 g/mol. The number of nitrogens with zero attached hydrogens (tertiary/aromatic N) is 3. The van der Waals surface area contributed by atoms with Crippen LogP contribution in [0.3, 0.4) is 0 Å². The molecule has 1 saturated heterocycles. The van der Waals surface area contributed by atoms with Gasteiger partial charge in [-0.1, -0.05) is 0 Å². The smallest absolute Gasteiger partial charge is 0.235 e. The van der Waals surface area contributed by atoms with E-state index in [9.17, 15) is 13.2 Å². The minimum Gasteiger partial charge on any atom is -0.378 e. The van der Waals surface area contributed by atoms with E-state index in [4.69, 9.17) is 22.1 Å². The molecular formula is C14H19ClN4O4S. The zero-order valence-corrected chi connectivity index (χ0v) is 14.8. The molecule has 1 aromatic heterocycles. The monoisotopic (exact) mass is 374 g/mol. The number of sulfone groups is 1. The molecule has 3 rings (SSSR count). The molecule has 1 unspecified atom stereocenters. The van der Waals surface area contributed by atoms with E-state index in [1.807, 2.05) is 4.90 Å². The highest BCUT2D eigenvalue weighted by Gasteiger charge is 2.59. The highest BCUT2D eigenvalue weighted by molar-refractivity contribution is 7.94. The summed E-state index contributed by atoms with van der Waals surface area (Å²) in [6.45, 7) is 3.73. The fourth-order valence-electron chi connectivity index (χ4n) is 2.88. The summed E-state index contributed by atoms with van der Waals surface area (Å²) in [5.74, 6) is -0.295. The molecule has 2 aliphatic rings. The summed E-state index contributed by atoms with van der Waals surface area (Å²) >= 11 is 6.03. The average Bonchev–Trinajstić information content (AvgIpc) is 3.36. The Hall–Kier alpha value is -1.45. The summed E-state index contributed by atoms with van der Waals surface area (Å²) < 4.78 is 29.7. The molecule has 1 atom stereocenters. The minimum absolute atomic E-state index is 0.0119. The van der Waals surface area contributed by atoms with E-state index in [2.05, 4.69) is 9.97 Å². The Morgan fingerprint density at radius 2 is 2.00 bits per heavy atom. The first-order valence-corrected chi connectivity index (χ1v) is 9.61. The van der Waals surface area contributed by atoms with Gasteiger partial charge < -0.3 is 15.4 Å². The van der Waals surface area contributed by atoms with Crippen LogP contribution in [0.25, 0.3) is 0 Å². The van der Waals surface area contributed by atoms with Crippen LogP contribution in [0.2, 0.25) is 5.28 Å². The summed E-state index contributed by atoms with van der Waals surface area (Å²) in [5, 5.41) is -1.29. The number of aromatic nitrogens is 2. The van der Waals surface area contributed by atoms with Crippen molar-refractivity contribution in [2.45, 2.75) is 29.8 Å². The van der Waals surface area contributed by atoms with Crippen molar-refractivity contribution < 1.29 is 17.9 Å². The van der Waals surface area contributed by atoms with E-state index >= 15 is 0 Å². The van der Waals surface area contributed by atoms with Crippen LogP contribution in [0.1, 0.15) is 25.5 Å². The van der Waals surface area contributed by atoms with Gasteiger partial charge in [-0.05, 0) is 31.4 Å². The van der Waals surface area contributed by atoms with E-state index in [1.165, 1.54) is 6.92 Å². The Morgan fingerprint density at radius 3 is 2.54 bits per heavy atom. The molecule has 1 amide bonds. The van der Waals surface area contributed by atoms with Crippen LogP contribution in [0.4, 0.5) is 5.82 Å². The number of carbonyl (C=O) groups excluding carboxylic acids is 1. The van der Waals surface area contributed by atoms with Gasteiger partial charge in [-0.3, -0.25) is 4.79 Å². The lowest BCUT2D eigenvalue weighted by molar-refractivity contribution is -0.117. The molecule has 0 bridgehead atoms. The van der Waals surface area contributed by atoms with Crippen molar-refractivity contribution in [3.63, 3.8) is 0 Å². The van der Waals surface area contributed by atoms with Crippen molar-refractivity contribution in [2.75, 3.05) is 31.2 Å². The third-order valence-corrected chi connectivity index (χ3v) is 7.64. The molecule has 10 heteroatoms. The maximum Gasteiger partial charge on any atom is 0.235 e. The molecule has 1 aliphatic heterocycles. The number of primary amides is 1. The van der Waals surface area contributed by atoms with Crippen molar-refractivity contribution in [1.29, 1.82) is 0 Å². The second kappa shape index (κ2) is 6.12.